The minimum absolute atomic E-state index is 0.192. The zero-order valence-electron chi connectivity index (χ0n) is 15.3. The number of aromatic amines is 1. The summed E-state index contributed by atoms with van der Waals surface area (Å²) in [5.41, 5.74) is -0.761. The van der Waals surface area contributed by atoms with Crippen LogP contribution in [0.5, 0.6) is 0 Å². The van der Waals surface area contributed by atoms with Crippen molar-refractivity contribution in [3.05, 3.63) is 80.1 Å². The van der Waals surface area contributed by atoms with Gasteiger partial charge in [0, 0.05) is 11.6 Å². The molecular weight excluding hydrogens is 387 g/mol. The lowest BCUT2D eigenvalue weighted by Crippen LogP contribution is -2.36. The number of hydrogen-bond donors (Lipinski definition) is 1. The maximum Gasteiger partial charge on any atom is 0.431 e. The Hall–Kier alpha value is -3.62. The van der Waals surface area contributed by atoms with Gasteiger partial charge in [0.25, 0.3) is 5.56 Å². The van der Waals surface area contributed by atoms with Crippen molar-refractivity contribution in [3.8, 4) is 16.9 Å². The van der Waals surface area contributed by atoms with Crippen LogP contribution in [0.3, 0.4) is 0 Å². The molecule has 2 heterocycles. The second-order valence-corrected chi connectivity index (χ2v) is 6.60. The van der Waals surface area contributed by atoms with E-state index in [1.165, 1.54) is 0 Å². The summed E-state index contributed by atoms with van der Waals surface area (Å²) in [4.78, 5) is 26.6. The van der Waals surface area contributed by atoms with Gasteiger partial charge < -0.3 is 9.51 Å². The van der Waals surface area contributed by atoms with Crippen molar-refractivity contribution < 1.29 is 17.7 Å². The van der Waals surface area contributed by atoms with E-state index in [1.807, 2.05) is 30.3 Å². The summed E-state index contributed by atoms with van der Waals surface area (Å²) in [6, 6.07) is 11.1. The highest BCUT2D eigenvalue weighted by atomic mass is 19.4. The molecule has 0 fully saturated rings. The molecule has 0 aliphatic heterocycles. The monoisotopic (exact) mass is 401 g/mol. The highest BCUT2D eigenvalue weighted by Crippen LogP contribution is 2.34. The average molecular weight is 401 g/mol. The van der Waals surface area contributed by atoms with Crippen LogP contribution in [0, 0.1) is 13.8 Å². The standard InChI is InChI=1S/C20H14F3N3O3/c1-10-8-13-16(17(25-29-13)12-6-4-3-5-7-12)11(2)18(10)26-15(27)9-14(20(21,22)23)24-19(26)28/h3-9H,1-2H3,(H,24,28). The van der Waals surface area contributed by atoms with E-state index in [9.17, 15) is 22.8 Å². The molecule has 0 radical (unpaired) electrons. The van der Waals surface area contributed by atoms with E-state index in [2.05, 4.69) is 5.16 Å². The molecule has 4 aromatic rings. The topological polar surface area (TPSA) is 80.9 Å². The number of aryl methyl sites for hydroxylation is 2. The Morgan fingerprint density at radius 3 is 2.38 bits per heavy atom. The van der Waals surface area contributed by atoms with E-state index in [4.69, 9.17) is 4.52 Å². The van der Waals surface area contributed by atoms with Gasteiger partial charge >= 0.3 is 11.9 Å². The Bertz CT molecular complexity index is 1320. The molecule has 29 heavy (non-hydrogen) atoms. The highest BCUT2D eigenvalue weighted by Gasteiger charge is 2.33. The number of hydrogen-bond acceptors (Lipinski definition) is 4. The largest absolute Gasteiger partial charge is 0.431 e. The first-order chi connectivity index (χ1) is 13.7. The van der Waals surface area contributed by atoms with Gasteiger partial charge in [0.15, 0.2) is 5.58 Å². The molecule has 0 spiro atoms. The van der Waals surface area contributed by atoms with Gasteiger partial charge in [-0.3, -0.25) is 4.79 Å². The summed E-state index contributed by atoms with van der Waals surface area (Å²) in [6.07, 6.45) is -4.83. The third-order valence-electron chi connectivity index (χ3n) is 4.68. The lowest BCUT2D eigenvalue weighted by Gasteiger charge is -2.14. The zero-order chi connectivity index (χ0) is 20.9. The van der Waals surface area contributed by atoms with E-state index in [1.54, 1.807) is 24.9 Å². The lowest BCUT2D eigenvalue weighted by atomic mass is 9.99. The smallest absolute Gasteiger partial charge is 0.356 e. The number of fused-ring (bicyclic) bond motifs is 1. The third-order valence-corrected chi connectivity index (χ3v) is 4.68. The van der Waals surface area contributed by atoms with Gasteiger partial charge in [-0.2, -0.15) is 13.2 Å². The van der Waals surface area contributed by atoms with E-state index in [-0.39, 0.29) is 5.69 Å². The Balaban J connectivity index is 2.04. The molecule has 1 N–H and O–H groups in total. The number of H-pyrrole nitrogens is 1. The molecule has 4 rings (SSSR count). The maximum atomic E-state index is 12.9. The molecule has 6 nitrogen and oxygen atoms in total. The minimum Gasteiger partial charge on any atom is -0.356 e. The van der Waals surface area contributed by atoms with Crippen LogP contribution in [-0.2, 0) is 6.18 Å². The summed E-state index contributed by atoms with van der Waals surface area (Å²) in [7, 11) is 0. The van der Waals surface area contributed by atoms with Crippen LogP contribution in [-0.4, -0.2) is 14.7 Å². The quantitative estimate of drug-likeness (QED) is 0.551. The first-order valence-corrected chi connectivity index (χ1v) is 8.57. The zero-order valence-corrected chi connectivity index (χ0v) is 15.3. The van der Waals surface area contributed by atoms with Crippen LogP contribution < -0.4 is 11.2 Å². The fourth-order valence-electron chi connectivity index (χ4n) is 3.44. The molecule has 0 bridgehead atoms. The molecule has 2 aromatic heterocycles. The van der Waals surface area contributed by atoms with Gasteiger partial charge in [0.05, 0.1) is 11.1 Å². The minimum atomic E-state index is -4.83. The van der Waals surface area contributed by atoms with Crippen molar-refractivity contribution in [2.45, 2.75) is 20.0 Å². The third kappa shape index (κ3) is 3.04. The maximum absolute atomic E-state index is 12.9. The van der Waals surface area contributed by atoms with Crippen molar-refractivity contribution in [2.24, 2.45) is 0 Å². The van der Waals surface area contributed by atoms with E-state index in [0.717, 1.165) is 5.56 Å². The van der Waals surface area contributed by atoms with Crippen LogP contribution in [0.25, 0.3) is 27.9 Å². The summed E-state index contributed by atoms with van der Waals surface area (Å²) < 4.78 is 44.8. The molecule has 0 saturated heterocycles. The lowest BCUT2D eigenvalue weighted by molar-refractivity contribution is -0.141. The Morgan fingerprint density at radius 1 is 1.07 bits per heavy atom. The molecule has 0 atom stereocenters. The van der Waals surface area contributed by atoms with Crippen LogP contribution in [0.4, 0.5) is 13.2 Å². The summed E-state index contributed by atoms with van der Waals surface area (Å²) in [6.45, 7) is 3.30. The van der Waals surface area contributed by atoms with Crippen LogP contribution in [0.15, 0.2) is 56.6 Å². The SMILES string of the molecule is Cc1cc2onc(-c3ccccc3)c2c(C)c1-n1c(=O)cc(C(F)(F)F)[nH]c1=O. The summed E-state index contributed by atoms with van der Waals surface area (Å²) in [5, 5.41) is 4.67. The number of benzene rings is 2. The van der Waals surface area contributed by atoms with Crippen molar-refractivity contribution >= 4 is 11.0 Å². The first-order valence-electron chi connectivity index (χ1n) is 8.57. The number of alkyl halides is 3. The predicted octanol–water partition coefficient (Wildman–Crippen LogP) is 3.97. The molecule has 9 heteroatoms. The van der Waals surface area contributed by atoms with E-state index >= 15 is 0 Å². The molecule has 0 unspecified atom stereocenters. The van der Waals surface area contributed by atoms with Gasteiger partial charge in [0.2, 0.25) is 0 Å². The van der Waals surface area contributed by atoms with Crippen LogP contribution in [0.2, 0.25) is 0 Å². The molecule has 0 saturated carbocycles. The number of aromatic nitrogens is 3. The van der Waals surface area contributed by atoms with Crippen LogP contribution >= 0.6 is 0 Å². The van der Waals surface area contributed by atoms with Gasteiger partial charge in [-0.25, -0.2) is 9.36 Å². The van der Waals surface area contributed by atoms with E-state index < -0.39 is 23.1 Å². The Morgan fingerprint density at radius 2 is 1.76 bits per heavy atom. The second-order valence-electron chi connectivity index (χ2n) is 6.60. The molecule has 0 aliphatic rings. The fourth-order valence-corrected chi connectivity index (χ4v) is 3.44. The Kier molecular flexibility index (Phi) is 4.18. The van der Waals surface area contributed by atoms with Crippen molar-refractivity contribution in [2.75, 3.05) is 0 Å². The summed E-state index contributed by atoms with van der Waals surface area (Å²) >= 11 is 0. The first kappa shape index (κ1) is 18.7. The molecule has 2 aromatic carbocycles. The van der Waals surface area contributed by atoms with Gasteiger partial charge in [-0.05, 0) is 31.0 Å². The van der Waals surface area contributed by atoms with Crippen molar-refractivity contribution in [1.29, 1.82) is 0 Å². The molecular formula is C20H14F3N3O3. The number of nitrogens with one attached hydrogen (secondary N) is 1. The predicted molar refractivity (Wildman–Crippen MR) is 100 cm³/mol. The van der Waals surface area contributed by atoms with E-state index in [0.29, 0.717) is 38.4 Å². The van der Waals surface area contributed by atoms with Crippen molar-refractivity contribution in [1.82, 2.24) is 14.7 Å². The number of halogens is 3. The summed E-state index contributed by atoms with van der Waals surface area (Å²) in [5.74, 6) is 0. The molecule has 148 valence electrons. The fraction of sp³-hybridized carbons (Fsp3) is 0.150. The van der Waals surface area contributed by atoms with Crippen LogP contribution in [0.1, 0.15) is 16.8 Å². The Labute approximate surface area is 161 Å². The van der Waals surface area contributed by atoms with Gasteiger partial charge in [-0.15, -0.1) is 0 Å². The number of nitrogens with zero attached hydrogens (tertiary/aromatic N) is 2. The van der Waals surface area contributed by atoms with Crippen molar-refractivity contribution in [3.63, 3.8) is 0 Å². The number of rotatable bonds is 2. The average Bonchev–Trinajstić information content (AvgIpc) is 3.07. The normalized spacial score (nSPS) is 11.9. The second kappa shape index (κ2) is 6.47. The highest BCUT2D eigenvalue weighted by molar-refractivity contribution is 5.96. The molecule has 0 amide bonds. The van der Waals surface area contributed by atoms with Gasteiger partial charge in [-0.1, -0.05) is 35.5 Å². The van der Waals surface area contributed by atoms with Gasteiger partial charge in [0.1, 0.15) is 11.4 Å². The molecule has 0 aliphatic carbocycles.